The predicted octanol–water partition coefficient (Wildman–Crippen LogP) is 16.5. The molecule has 0 amide bonds. The standard InChI is InChI=1S/C60H101O11P/c1-4-7-10-13-16-19-22-24-26-27-28-29-31-33-36-39-42-45-48-51-60(64)71-57(53-67-58(62)49-46-43-40-37-35-32-30-25-23-20-17-14-11-8-5-2)55-69-72(65,66)68-54-56(52-61)70-59(63)50-47-44-41-38-34-21-18-15-12-9-6-3/h7,10,15-16,18-19,24-26,28-30,33,36,42,45,56-57,61H,4-6,8-9,11-14,17,20-23,27,31-32,34-35,37-41,43-44,46-55H2,1-3H3,(H,65,66)/b10-7-,18-15-,19-16-,26-24-,29-28-,30-25-,36-33-,45-42-. The van der Waals surface area contributed by atoms with Gasteiger partial charge in [-0.25, -0.2) is 4.57 Å². The molecule has 0 radical (unpaired) electrons. The van der Waals surface area contributed by atoms with Crippen LogP contribution in [0.15, 0.2) is 97.2 Å². The summed E-state index contributed by atoms with van der Waals surface area (Å²) in [6, 6.07) is 0. The number of phosphoric acid groups is 1. The van der Waals surface area contributed by atoms with Crippen molar-refractivity contribution >= 4 is 25.7 Å². The van der Waals surface area contributed by atoms with E-state index in [9.17, 15) is 28.9 Å². The van der Waals surface area contributed by atoms with E-state index in [1.54, 1.807) is 0 Å². The first-order valence-electron chi connectivity index (χ1n) is 28.1. The first-order valence-corrected chi connectivity index (χ1v) is 29.6. The van der Waals surface area contributed by atoms with E-state index < -0.39 is 57.8 Å². The van der Waals surface area contributed by atoms with Crippen LogP contribution in [-0.4, -0.2) is 66.5 Å². The van der Waals surface area contributed by atoms with Crippen LogP contribution in [0, 0.1) is 0 Å². The Morgan fingerprint density at radius 3 is 1.24 bits per heavy atom. The summed E-state index contributed by atoms with van der Waals surface area (Å²) >= 11 is 0. The van der Waals surface area contributed by atoms with Gasteiger partial charge in [0.1, 0.15) is 12.7 Å². The van der Waals surface area contributed by atoms with Gasteiger partial charge in [0.2, 0.25) is 0 Å². The number of rotatable bonds is 51. The summed E-state index contributed by atoms with van der Waals surface area (Å²) in [7, 11) is -4.77. The Balaban J connectivity index is 4.88. The lowest BCUT2D eigenvalue weighted by Gasteiger charge is -2.21. The molecule has 3 unspecified atom stereocenters. The molecule has 0 saturated carbocycles. The fraction of sp³-hybridized carbons (Fsp3) is 0.683. The molecule has 0 fully saturated rings. The van der Waals surface area contributed by atoms with Crippen LogP contribution in [-0.2, 0) is 42.2 Å². The Labute approximate surface area is 438 Å². The molecule has 0 aromatic heterocycles. The number of carbonyl (C=O) groups is 3. The summed E-state index contributed by atoms with van der Waals surface area (Å²) in [5.74, 6) is -1.59. The molecule has 0 spiro atoms. The summed E-state index contributed by atoms with van der Waals surface area (Å²) in [6.07, 6.45) is 62.4. The van der Waals surface area contributed by atoms with E-state index in [0.29, 0.717) is 25.7 Å². The van der Waals surface area contributed by atoms with Gasteiger partial charge in [0.05, 0.1) is 19.8 Å². The van der Waals surface area contributed by atoms with E-state index in [1.165, 1.54) is 51.4 Å². The minimum atomic E-state index is -4.77. The first kappa shape index (κ1) is 68.4. The van der Waals surface area contributed by atoms with Gasteiger partial charge in [0, 0.05) is 19.3 Å². The number of phosphoric ester groups is 1. The van der Waals surface area contributed by atoms with Crippen molar-refractivity contribution in [2.75, 3.05) is 26.4 Å². The quantitative estimate of drug-likeness (QED) is 0.0197. The Morgan fingerprint density at radius 2 is 0.764 bits per heavy atom. The van der Waals surface area contributed by atoms with Crippen LogP contribution < -0.4 is 0 Å². The van der Waals surface area contributed by atoms with Gasteiger partial charge < -0.3 is 24.2 Å². The third-order valence-corrected chi connectivity index (χ3v) is 12.4. The van der Waals surface area contributed by atoms with Crippen LogP contribution in [0.3, 0.4) is 0 Å². The van der Waals surface area contributed by atoms with Gasteiger partial charge >= 0.3 is 25.7 Å². The van der Waals surface area contributed by atoms with Crippen molar-refractivity contribution in [3.8, 4) is 0 Å². The number of aliphatic hydroxyl groups is 1. The number of aliphatic hydroxyl groups excluding tert-OH is 1. The largest absolute Gasteiger partial charge is 0.472 e. The van der Waals surface area contributed by atoms with Crippen LogP contribution in [0.5, 0.6) is 0 Å². The zero-order valence-corrected chi connectivity index (χ0v) is 46.3. The molecule has 0 bridgehead atoms. The number of esters is 3. The lowest BCUT2D eigenvalue weighted by atomic mass is 10.1. The molecule has 0 aromatic rings. The molecule has 0 aliphatic heterocycles. The summed E-state index contributed by atoms with van der Waals surface area (Å²) < 4.78 is 39.3. The summed E-state index contributed by atoms with van der Waals surface area (Å²) in [5, 5.41) is 9.78. The molecule has 0 aliphatic rings. The van der Waals surface area contributed by atoms with E-state index in [1.807, 2.05) is 12.2 Å². The van der Waals surface area contributed by atoms with Crippen molar-refractivity contribution in [1.82, 2.24) is 0 Å². The normalized spacial score (nSPS) is 14.1. The molecule has 72 heavy (non-hydrogen) atoms. The van der Waals surface area contributed by atoms with Gasteiger partial charge in [-0.05, 0) is 103 Å². The van der Waals surface area contributed by atoms with E-state index in [2.05, 4.69) is 106 Å². The molecule has 0 saturated heterocycles. The van der Waals surface area contributed by atoms with Crippen LogP contribution in [0.4, 0.5) is 0 Å². The van der Waals surface area contributed by atoms with Gasteiger partial charge in [0.25, 0.3) is 0 Å². The average molecular weight is 1030 g/mol. The van der Waals surface area contributed by atoms with E-state index in [-0.39, 0.29) is 25.9 Å². The van der Waals surface area contributed by atoms with E-state index >= 15 is 0 Å². The fourth-order valence-corrected chi connectivity index (χ4v) is 7.96. The number of carbonyl (C=O) groups excluding carboxylic acids is 3. The second kappa shape index (κ2) is 53.7. The van der Waals surface area contributed by atoms with Gasteiger partial charge in [0.15, 0.2) is 6.10 Å². The molecule has 0 rings (SSSR count). The van der Waals surface area contributed by atoms with Gasteiger partial charge in [-0.2, -0.15) is 0 Å². The van der Waals surface area contributed by atoms with Crippen molar-refractivity contribution < 1.29 is 52.2 Å². The second-order valence-electron chi connectivity index (χ2n) is 18.4. The van der Waals surface area contributed by atoms with Crippen LogP contribution in [0.25, 0.3) is 0 Å². The molecular formula is C60H101O11P. The predicted molar refractivity (Wildman–Crippen MR) is 297 cm³/mol. The second-order valence-corrected chi connectivity index (χ2v) is 19.8. The van der Waals surface area contributed by atoms with E-state index in [4.69, 9.17) is 23.3 Å². The molecule has 2 N–H and O–H groups in total. The Hall–Kier alpha value is -3.60. The molecule has 0 aliphatic carbocycles. The number of hydrogen-bond acceptors (Lipinski definition) is 10. The third-order valence-electron chi connectivity index (χ3n) is 11.5. The molecule has 3 atom stereocenters. The molecular weight excluding hydrogens is 928 g/mol. The van der Waals surface area contributed by atoms with Crippen molar-refractivity contribution in [2.45, 2.75) is 238 Å². The van der Waals surface area contributed by atoms with Crippen molar-refractivity contribution in [1.29, 1.82) is 0 Å². The summed E-state index contributed by atoms with van der Waals surface area (Å²) in [4.78, 5) is 48.4. The van der Waals surface area contributed by atoms with Crippen LogP contribution >= 0.6 is 7.82 Å². The maximum atomic E-state index is 12.9. The topological polar surface area (TPSA) is 155 Å². The monoisotopic (exact) mass is 1030 g/mol. The SMILES string of the molecule is CC/C=C\C/C=C\C/C=C\C/C=C\C/C=C\C/C=C\CCC(=O)OC(COC(=O)CCCCCCC/C=C\CCCCCCCC)COP(=O)(O)OCC(CO)OC(=O)CCCCCCC/C=C\CCCC. The first-order chi connectivity index (χ1) is 35.2. The maximum Gasteiger partial charge on any atom is 0.472 e. The van der Waals surface area contributed by atoms with Gasteiger partial charge in [-0.1, -0.05) is 201 Å². The number of ether oxygens (including phenoxy) is 3. The minimum absolute atomic E-state index is 0.0369. The highest BCUT2D eigenvalue weighted by Gasteiger charge is 2.28. The van der Waals surface area contributed by atoms with E-state index in [0.717, 1.165) is 109 Å². The van der Waals surface area contributed by atoms with Gasteiger partial charge in [-0.3, -0.25) is 23.4 Å². The fourth-order valence-electron chi connectivity index (χ4n) is 7.18. The summed E-state index contributed by atoms with van der Waals surface area (Å²) in [6.45, 7) is 4.37. The lowest BCUT2D eigenvalue weighted by molar-refractivity contribution is -0.161. The lowest BCUT2D eigenvalue weighted by Crippen LogP contribution is -2.30. The zero-order valence-electron chi connectivity index (χ0n) is 45.4. The number of unbranched alkanes of at least 4 members (excludes halogenated alkanes) is 18. The Bertz CT molecular complexity index is 1580. The maximum absolute atomic E-state index is 12.9. The van der Waals surface area contributed by atoms with Crippen LogP contribution in [0.1, 0.15) is 226 Å². The van der Waals surface area contributed by atoms with Crippen molar-refractivity contribution in [2.24, 2.45) is 0 Å². The number of hydrogen-bond donors (Lipinski definition) is 2. The number of allylic oxidation sites excluding steroid dienone is 16. The Kier molecular flexibility index (Phi) is 51.0. The smallest absolute Gasteiger partial charge is 0.462 e. The van der Waals surface area contributed by atoms with Crippen molar-refractivity contribution in [3.05, 3.63) is 97.2 Å². The average Bonchev–Trinajstić information content (AvgIpc) is 3.37. The zero-order chi connectivity index (χ0) is 52.7. The van der Waals surface area contributed by atoms with Crippen molar-refractivity contribution in [3.63, 3.8) is 0 Å². The molecule has 11 nitrogen and oxygen atoms in total. The highest BCUT2D eigenvalue weighted by molar-refractivity contribution is 7.47. The molecule has 0 aromatic carbocycles. The molecule has 12 heteroatoms. The molecule has 412 valence electrons. The van der Waals surface area contributed by atoms with Gasteiger partial charge in [-0.15, -0.1) is 0 Å². The minimum Gasteiger partial charge on any atom is -0.462 e. The highest BCUT2D eigenvalue weighted by Crippen LogP contribution is 2.43. The van der Waals surface area contributed by atoms with Crippen LogP contribution in [0.2, 0.25) is 0 Å². The third kappa shape index (κ3) is 51.3. The highest BCUT2D eigenvalue weighted by atomic mass is 31.2. The summed E-state index contributed by atoms with van der Waals surface area (Å²) in [5.41, 5.74) is 0. The molecule has 0 heterocycles. The Morgan fingerprint density at radius 1 is 0.403 bits per heavy atom.